The highest BCUT2D eigenvalue weighted by molar-refractivity contribution is 5.26. The summed E-state index contributed by atoms with van der Waals surface area (Å²) in [7, 11) is 0. The molecule has 2 rings (SSSR count). The van der Waals surface area contributed by atoms with E-state index in [1.165, 1.54) is 0 Å². The van der Waals surface area contributed by atoms with Crippen LogP contribution in [0.1, 0.15) is 24.3 Å². The summed E-state index contributed by atoms with van der Waals surface area (Å²) in [5.74, 6) is -6.36. The van der Waals surface area contributed by atoms with Crippen molar-refractivity contribution in [1.29, 1.82) is 0 Å². The topological polar surface area (TPSA) is 12.0 Å². The van der Waals surface area contributed by atoms with Gasteiger partial charge >= 0.3 is 0 Å². The molecule has 0 radical (unpaired) electrons. The fourth-order valence-electron chi connectivity index (χ4n) is 2.01. The van der Waals surface area contributed by atoms with Gasteiger partial charge in [-0.2, -0.15) is 0 Å². The molecule has 0 saturated carbocycles. The Balaban J connectivity index is 2.40. The zero-order chi connectivity index (χ0) is 11.7. The molecule has 1 aromatic rings. The van der Waals surface area contributed by atoms with Crippen molar-refractivity contribution in [2.24, 2.45) is 0 Å². The summed E-state index contributed by atoms with van der Waals surface area (Å²) in [6, 6.07) is 0.755. The molecule has 1 fully saturated rings. The van der Waals surface area contributed by atoms with Crippen LogP contribution in [-0.2, 0) is 0 Å². The maximum Gasteiger partial charge on any atom is 0.197 e. The number of piperidine rings is 1. The van der Waals surface area contributed by atoms with E-state index in [1.54, 1.807) is 0 Å². The third kappa shape index (κ3) is 1.91. The second-order valence-electron chi connectivity index (χ2n) is 3.93. The van der Waals surface area contributed by atoms with Crippen molar-refractivity contribution in [3.8, 4) is 0 Å². The number of hydrogen-bond acceptors (Lipinski definition) is 1. The van der Waals surface area contributed by atoms with E-state index >= 15 is 0 Å². The van der Waals surface area contributed by atoms with Crippen LogP contribution in [0.4, 0.5) is 17.6 Å². The van der Waals surface area contributed by atoms with Crippen LogP contribution < -0.4 is 5.32 Å². The molecule has 1 heterocycles. The molecule has 1 aliphatic rings. The van der Waals surface area contributed by atoms with Gasteiger partial charge in [-0.3, -0.25) is 0 Å². The highest BCUT2D eigenvalue weighted by Gasteiger charge is 2.25. The molecular formula is C11H11F4N. The number of rotatable bonds is 1. The Morgan fingerprint density at radius 2 is 1.81 bits per heavy atom. The predicted octanol–water partition coefficient (Wildman–Crippen LogP) is 2.71. The highest BCUT2D eigenvalue weighted by Crippen LogP contribution is 2.29. The molecule has 88 valence electrons. The lowest BCUT2D eigenvalue weighted by Gasteiger charge is -2.23. The lowest BCUT2D eigenvalue weighted by molar-refractivity contribution is 0.386. The van der Waals surface area contributed by atoms with Gasteiger partial charge in [-0.15, -0.1) is 0 Å². The van der Waals surface area contributed by atoms with E-state index in [9.17, 15) is 17.6 Å². The fourth-order valence-corrected chi connectivity index (χ4v) is 2.01. The highest BCUT2D eigenvalue weighted by atomic mass is 19.2. The molecule has 0 aliphatic carbocycles. The van der Waals surface area contributed by atoms with Gasteiger partial charge in [0.05, 0.1) is 0 Å². The zero-order valence-corrected chi connectivity index (χ0v) is 8.49. The Morgan fingerprint density at radius 1 is 1.06 bits per heavy atom. The van der Waals surface area contributed by atoms with Crippen LogP contribution in [0.5, 0.6) is 0 Å². The normalized spacial score (nSPS) is 21.1. The van der Waals surface area contributed by atoms with Crippen molar-refractivity contribution in [3.63, 3.8) is 0 Å². The van der Waals surface area contributed by atoms with Gasteiger partial charge < -0.3 is 5.32 Å². The monoisotopic (exact) mass is 233 g/mol. The van der Waals surface area contributed by atoms with Crippen LogP contribution >= 0.6 is 0 Å². The number of benzene rings is 1. The molecule has 1 unspecified atom stereocenters. The summed E-state index contributed by atoms with van der Waals surface area (Å²) in [6.07, 6.45) is 1.46. The summed E-state index contributed by atoms with van der Waals surface area (Å²) >= 11 is 0. The smallest absolute Gasteiger partial charge is 0.197 e. The summed E-state index contributed by atoms with van der Waals surface area (Å²) in [6.45, 7) is 1.27. The molecule has 1 saturated heterocycles. The molecule has 5 heteroatoms. The van der Waals surface area contributed by atoms with Gasteiger partial charge in [-0.25, -0.2) is 17.6 Å². The lowest BCUT2D eigenvalue weighted by Crippen LogP contribution is -2.29. The molecule has 0 aromatic heterocycles. The van der Waals surface area contributed by atoms with E-state index < -0.39 is 23.3 Å². The molecule has 1 aliphatic heterocycles. The van der Waals surface area contributed by atoms with Gasteiger partial charge in [0.15, 0.2) is 23.3 Å². The number of halogens is 4. The quantitative estimate of drug-likeness (QED) is 0.447. The van der Waals surface area contributed by atoms with E-state index in [2.05, 4.69) is 5.32 Å². The van der Waals surface area contributed by atoms with Gasteiger partial charge in [-0.05, 0) is 36.9 Å². The molecule has 0 bridgehead atoms. The van der Waals surface area contributed by atoms with Crippen molar-refractivity contribution in [2.75, 3.05) is 13.1 Å². The molecule has 0 spiro atoms. The Kier molecular flexibility index (Phi) is 3.14. The van der Waals surface area contributed by atoms with Crippen molar-refractivity contribution in [1.82, 2.24) is 5.32 Å². The first-order valence-electron chi connectivity index (χ1n) is 5.15. The van der Waals surface area contributed by atoms with E-state index in [0.717, 1.165) is 19.0 Å². The van der Waals surface area contributed by atoms with E-state index in [1.807, 2.05) is 0 Å². The van der Waals surface area contributed by atoms with Crippen LogP contribution in [0.15, 0.2) is 6.07 Å². The summed E-state index contributed by atoms with van der Waals surface area (Å²) in [5.41, 5.74) is -0.0800. The lowest BCUT2D eigenvalue weighted by atomic mass is 9.91. The average molecular weight is 233 g/mol. The molecule has 1 N–H and O–H groups in total. The maximum atomic E-state index is 13.4. The first-order chi connectivity index (χ1) is 7.61. The van der Waals surface area contributed by atoms with Gasteiger partial charge in [0.25, 0.3) is 0 Å². The molecule has 0 amide bonds. The second kappa shape index (κ2) is 4.41. The van der Waals surface area contributed by atoms with Crippen LogP contribution in [-0.4, -0.2) is 13.1 Å². The Bertz CT molecular complexity index is 399. The Hall–Kier alpha value is -1.10. The van der Waals surface area contributed by atoms with Crippen molar-refractivity contribution in [3.05, 3.63) is 34.9 Å². The van der Waals surface area contributed by atoms with Gasteiger partial charge in [0, 0.05) is 6.54 Å². The van der Waals surface area contributed by atoms with Crippen molar-refractivity contribution >= 4 is 0 Å². The molecule has 16 heavy (non-hydrogen) atoms. The van der Waals surface area contributed by atoms with Gasteiger partial charge in [0.1, 0.15) is 0 Å². The summed E-state index contributed by atoms with van der Waals surface area (Å²) in [4.78, 5) is 0. The minimum Gasteiger partial charge on any atom is -0.316 e. The third-order valence-electron chi connectivity index (χ3n) is 2.87. The SMILES string of the molecule is Fc1cc(C2CCCNC2)c(F)c(F)c1F. The van der Waals surface area contributed by atoms with Crippen LogP contribution in [0.2, 0.25) is 0 Å². The molecular weight excluding hydrogens is 222 g/mol. The van der Waals surface area contributed by atoms with Gasteiger partial charge in [0.2, 0.25) is 0 Å². The van der Waals surface area contributed by atoms with Crippen LogP contribution in [0.25, 0.3) is 0 Å². The molecule has 1 nitrogen and oxygen atoms in total. The fraction of sp³-hybridized carbons (Fsp3) is 0.455. The third-order valence-corrected chi connectivity index (χ3v) is 2.87. The first-order valence-corrected chi connectivity index (χ1v) is 5.15. The van der Waals surface area contributed by atoms with E-state index in [-0.39, 0.29) is 11.5 Å². The van der Waals surface area contributed by atoms with Crippen molar-refractivity contribution in [2.45, 2.75) is 18.8 Å². The minimum absolute atomic E-state index is 0.0800. The number of nitrogens with one attached hydrogen (secondary N) is 1. The molecule has 1 atom stereocenters. The first kappa shape index (κ1) is 11.4. The largest absolute Gasteiger partial charge is 0.316 e. The Labute approximate surface area is 90.5 Å². The van der Waals surface area contributed by atoms with Crippen molar-refractivity contribution < 1.29 is 17.6 Å². The predicted molar refractivity (Wildman–Crippen MR) is 51.1 cm³/mol. The summed E-state index contributed by atoms with van der Waals surface area (Å²) < 4.78 is 52.1. The average Bonchev–Trinajstić information content (AvgIpc) is 2.32. The molecule has 1 aromatic carbocycles. The zero-order valence-electron chi connectivity index (χ0n) is 8.49. The standard InChI is InChI=1S/C11H11F4N/c12-8-4-7(6-2-1-3-16-5-6)9(13)11(15)10(8)14/h4,6,16H,1-3,5H2. The second-order valence-corrected chi connectivity index (χ2v) is 3.93. The summed E-state index contributed by atoms with van der Waals surface area (Å²) in [5, 5.41) is 3.01. The number of hydrogen-bond donors (Lipinski definition) is 1. The maximum absolute atomic E-state index is 13.4. The van der Waals surface area contributed by atoms with Crippen LogP contribution in [0, 0.1) is 23.3 Å². The Morgan fingerprint density at radius 3 is 2.44 bits per heavy atom. The van der Waals surface area contributed by atoms with Gasteiger partial charge in [-0.1, -0.05) is 0 Å². The van der Waals surface area contributed by atoms with E-state index in [0.29, 0.717) is 13.0 Å². The van der Waals surface area contributed by atoms with Crippen LogP contribution in [0.3, 0.4) is 0 Å². The minimum atomic E-state index is -1.75. The van der Waals surface area contributed by atoms with E-state index in [4.69, 9.17) is 0 Å².